The average Bonchev–Trinajstić information content (AvgIpc) is 3.49. The molecule has 186 valence electrons. The van der Waals surface area contributed by atoms with E-state index in [0.717, 1.165) is 56.6 Å². The van der Waals surface area contributed by atoms with Crippen LogP contribution in [0.2, 0.25) is 0 Å². The summed E-state index contributed by atoms with van der Waals surface area (Å²) in [6.07, 6.45) is 3.74. The third-order valence-electron chi connectivity index (χ3n) is 7.02. The van der Waals surface area contributed by atoms with Crippen LogP contribution in [0.1, 0.15) is 39.1 Å². The van der Waals surface area contributed by atoms with E-state index in [1.807, 2.05) is 24.3 Å². The highest BCUT2D eigenvalue weighted by Crippen LogP contribution is 2.24. The largest absolute Gasteiger partial charge is 0.492 e. The molecule has 0 bridgehead atoms. The molecule has 2 aromatic heterocycles. The van der Waals surface area contributed by atoms with Gasteiger partial charge in [0.05, 0.1) is 16.6 Å². The summed E-state index contributed by atoms with van der Waals surface area (Å²) >= 11 is 0. The summed E-state index contributed by atoms with van der Waals surface area (Å²) in [7, 11) is 2.15. The van der Waals surface area contributed by atoms with Gasteiger partial charge >= 0.3 is 0 Å². The number of rotatable bonds is 8. The molecule has 0 radical (unpaired) electrons. The van der Waals surface area contributed by atoms with Crippen LogP contribution in [0.5, 0.6) is 5.75 Å². The molecule has 3 heterocycles. The lowest BCUT2D eigenvalue weighted by Gasteiger charge is -2.32. The summed E-state index contributed by atoms with van der Waals surface area (Å²) in [6.45, 7) is 5.70. The third-order valence-corrected chi connectivity index (χ3v) is 7.02. The number of fused-ring (bicyclic) bond motifs is 3. The Hall–Kier alpha value is -3.69. The van der Waals surface area contributed by atoms with Crippen LogP contribution in [0.25, 0.3) is 16.7 Å². The number of piperazine rings is 1. The first-order chi connectivity index (χ1) is 17.5. The molecule has 9 heteroatoms. The predicted octanol–water partition coefficient (Wildman–Crippen LogP) is 2.57. The number of benzene rings is 2. The molecule has 0 unspecified atom stereocenters. The zero-order chi connectivity index (χ0) is 24.6. The number of nitrogens with one attached hydrogen (secondary N) is 2. The summed E-state index contributed by atoms with van der Waals surface area (Å²) in [5.41, 5.74) is 3.62. The standard InChI is InChI=1S/C27H30N6O3/c1-31-9-11-32(12-10-31)13-14-36-21-4-2-3-18(15-21)25(34)22-17-28-33-24-16-19(27(35)29-20-6-7-20)5-8-23(24)30-26(22)33/h2-5,8,15-17,20,28H,6-7,9-14H2,1H3,(H,29,35). The summed E-state index contributed by atoms with van der Waals surface area (Å²) in [5, 5.41) is 6.14. The number of nitrogens with zero attached hydrogens (tertiary/aromatic N) is 4. The molecule has 4 aromatic rings. The lowest BCUT2D eigenvalue weighted by atomic mass is 10.1. The maximum absolute atomic E-state index is 13.4. The van der Waals surface area contributed by atoms with Crippen molar-refractivity contribution < 1.29 is 14.3 Å². The Morgan fingerprint density at radius 3 is 2.72 bits per heavy atom. The van der Waals surface area contributed by atoms with Crippen LogP contribution < -0.4 is 10.1 Å². The van der Waals surface area contributed by atoms with Crippen molar-refractivity contribution in [1.29, 1.82) is 0 Å². The molecule has 6 rings (SSSR count). The van der Waals surface area contributed by atoms with Gasteiger partial charge in [-0.3, -0.25) is 19.6 Å². The van der Waals surface area contributed by atoms with Crippen LogP contribution in [0, 0.1) is 0 Å². The van der Waals surface area contributed by atoms with Gasteiger partial charge in [-0.1, -0.05) is 12.1 Å². The van der Waals surface area contributed by atoms with Crippen molar-refractivity contribution in [3.8, 4) is 5.75 Å². The van der Waals surface area contributed by atoms with E-state index in [1.165, 1.54) is 0 Å². The molecule has 2 fully saturated rings. The van der Waals surface area contributed by atoms with Gasteiger partial charge in [-0.2, -0.15) is 0 Å². The number of amides is 1. The quantitative estimate of drug-likeness (QED) is 0.372. The van der Waals surface area contributed by atoms with E-state index in [2.05, 4.69) is 32.2 Å². The first-order valence-corrected chi connectivity index (χ1v) is 12.5. The first-order valence-electron chi connectivity index (χ1n) is 12.5. The minimum absolute atomic E-state index is 0.0818. The van der Waals surface area contributed by atoms with Crippen molar-refractivity contribution in [1.82, 2.24) is 29.7 Å². The molecule has 9 nitrogen and oxygen atoms in total. The zero-order valence-corrected chi connectivity index (χ0v) is 20.4. The number of aromatic nitrogens is 3. The van der Waals surface area contributed by atoms with E-state index < -0.39 is 0 Å². The number of ketones is 1. The second-order valence-corrected chi connectivity index (χ2v) is 9.76. The van der Waals surface area contributed by atoms with Crippen LogP contribution >= 0.6 is 0 Å². The third kappa shape index (κ3) is 4.59. The van der Waals surface area contributed by atoms with Crippen molar-refractivity contribution in [3.63, 3.8) is 0 Å². The number of likely N-dealkylation sites (N-methyl/N-ethyl adjacent to an activating group) is 1. The molecule has 2 aliphatic rings. The topological polar surface area (TPSA) is 95.0 Å². The number of aromatic amines is 1. The maximum Gasteiger partial charge on any atom is 0.251 e. The second kappa shape index (κ2) is 9.40. The van der Waals surface area contributed by atoms with Crippen molar-refractivity contribution in [2.75, 3.05) is 46.4 Å². The van der Waals surface area contributed by atoms with Gasteiger partial charge in [-0.25, -0.2) is 9.50 Å². The highest BCUT2D eigenvalue weighted by molar-refractivity contribution is 6.13. The van der Waals surface area contributed by atoms with E-state index in [1.54, 1.807) is 28.9 Å². The van der Waals surface area contributed by atoms with Crippen molar-refractivity contribution in [2.45, 2.75) is 18.9 Å². The molecular weight excluding hydrogens is 456 g/mol. The van der Waals surface area contributed by atoms with E-state index in [0.29, 0.717) is 40.7 Å². The second-order valence-electron chi connectivity index (χ2n) is 9.76. The Morgan fingerprint density at radius 1 is 1.08 bits per heavy atom. The average molecular weight is 487 g/mol. The van der Waals surface area contributed by atoms with Gasteiger partial charge in [-0.15, -0.1) is 0 Å². The molecule has 0 spiro atoms. The Bertz CT molecular complexity index is 1430. The molecule has 36 heavy (non-hydrogen) atoms. The van der Waals surface area contributed by atoms with Gasteiger partial charge in [0.2, 0.25) is 0 Å². The molecular formula is C27H30N6O3. The lowest BCUT2D eigenvalue weighted by Crippen LogP contribution is -2.45. The highest BCUT2D eigenvalue weighted by Gasteiger charge is 2.24. The Labute approximate surface area is 209 Å². The summed E-state index contributed by atoms with van der Waals surface area (Å²) in [4.78, 5) is 35.3. The molecule has 2 N–H and O–H groups in total. The van der Waals surface area contributed by atoms with E-state index >= 15 is 0 Å². The van der Waals surface area contributed by atoms with Crippen LogP contribution in [0.4, 0.5) is 0 Å². The van der Waals surface area contributed by atoms with Gasteiger partial charge < -0.3 is 15.0 Å². The van der Waals surface area contributed by atoms with Crippen molar-refractivity contribution in [2.24, 2.45) is 0 Å². The Kier molecular flexibility index (Phi) is 5.94. The van der Waals surface area contributed by atoms with Crippen molar-refractivity contribution in [3.05, 3.63) is 65.4 Å². The molecule has 1 aliphatic heterocycles. The van der Waals surface area contributed by atoms with E-state index in [9.17, 15) is 9.59 Å². The molecule has 1 saturated carbocycles. The summed E-state index contributed by atoms with van der Waals surface area (Å²) in [5.74, 6) is 0.468. The van der Waals surface area contributed by atoms with Gasteiger partial charge in [-0.05, 0) is 50.2 Å². The molecule has 1 saturated heterocycles. The minimum atomic E-state index is -0.132. The molecule has 1 amide bonds. The van der Waals surface area contributed by atoms with Crippen LogP contribution in [0.15, 0.2) is 48.7 Å². The number of ether oxygens (including phenoxy) is 1. The van der Waals surface area contributed by atoms with Crippen LogP contribution in [-0.2, 0) is 0 Å². The Balaban J connectivity index is 1.18. The van der Waals surface area contributed by atoms with Crippen LogP contribution in [0.3, 0.4) is 0 Å². The fourth-order valence-electron chi connectivity index (χ4n) is 4.63. The SMILES string of the molecule is CN1CCN(CCOc2cccc(C(=O)c3c[nH]n4c3nc3ccc(C(=O)NC5CC5)cc34)c2)CC1. The highest BCUT2D eigenvalue weighted by atomic mass is 16.5. The zero-order valence-electron chi connectivity index (χ0n) is 20.4. The molecule has 1 aliphatic carbocycles. The summed E-state index contributed by atoms with van der Waals surface area (Å²) < 4.78 is 7.73. The molecule has 0 atom stereocenters. The van der Waals surface area contributed by atoms with Crippen LogP contribution in [-0.4, -0.2) is 88.5 Å². The monoisotopic (exact) mass is 486 g/mol. The number of H-pyrrole nitrogens is 1. The van der Waals surface area contributed by atoms with Crippen molar-refractivity contribution >= 4 is 28.4 Å². The van der Waals surface area contributed by atoms with Gasteiger partial charge in [0.25, 0.3) is 5.91 Å². The van der Waals surface area contributed by atoms with E-state index in [-0.39, 0.29) is 11.7 Å². The fraction of sp³-hybridized carbons (Fsp3) is 0.370. The van der Waals surface area contributed by atoms with Gasteiger partial charge in [0.15, 0.2) is 11.4 Å². The first kappa shape index (κ1) is 22.8. The number of imidazole rings is 1. The summed E-state index contributed by atoms with van der Waals surface area (Å²) in [6, 6.07) is 13.0. The van der Waals surface area contributed by atoms with Gasteiger partial charge in [0.1, 0.15) is 12.4 Å². The van der Waals surface area contributed by atoms with Gasteiger partial charge in [0, 0.05) is 56.1 Å². The fourth-order valence-corrected chi connectivity index (χ4v) is 4.63. The smallest absolute Gasteiger partial charge is 0.251 e. The number of carbonyl (C=O) groups is 2. The predicted molar refractivity (Wildman–Crippen MR) is 137 cm³/mol. The number of carbonyl (C=O) groups excluding carboxylic acids is 2. The Morgan fingerprint density at radius 2 is 1.92 bits per heavy atom. The van der Waals surface area contributed by atoms with E-state index in [4.69, 9.17) is 4.74 Å². The molecule has 2 aromatic carbocycles. The lowest BCUT2D eigenvalue weighted by molar-refractivity contribution is 0.0950. The normalized spacial score (nSPS) is 17.0. The maximum atomic E-state index is 13.4. The number of hydrogen-bond acceptors (Lipinski definition) is 6. The number of hydrogen-bond donors (Lipinski definition) is 2. The minimum Gasteiger partial charge on any atom is -0.492 e.